The van der Waals surface area contributed by atoms with Crippen LogP contribution in [0.1, 0.15) is 33.4 Å². The summed E-state index contributed by atoms with van der Waals surface area (Å²) in [6, 6.07) is 25.0. The predicted octanol–water partition coefficient (Wildman–Crippen LogP) is 6.68. The van der Waals surface area contributed by atoms with E-state index in [0.29, 0.717) is 55.3 Å². The smallest absolute Gasteiger partial charge is 0.291 e. The number of nitrogens with one attached hydrogen (secondary N) is 2. The summed E-state index contributed by atoms with van der Waals surface area (Å²) >= 11 is 3.19. The molecule has 0 spiro atoms. The molecule has 41 heavy (non-hydrogen) atoms. The minimum atomic E-state index is -0.391. The monoisotopic (exact) mass is 612 g/mol. The number of carbonyl (C=O) groups excluding carboxylic acids is 2. The summed E-state index contributed by atoms with van der Waals surface area (Å²) in [6.07, 6.45) is 0. The first-order chi connectivity index (χ1) is 19.9. The Morgan fingerprint density at radius 2 is 1.68 bits per heavy atom. The number of aromatic nitrogens is 1. The van der Waals surface area contributed by atoms with Crippen molar-refractivity contribution in [2.24, 2.45) is 5.10 Å². The summed E-state index contributed by atoms with van der Waals surface area (Å²) in [5, 5.41) is 7.82. The normalized spacial score (nSPS) is 11.3. The van der Waals surface area contributed by atoms with E-state index < -0.39 is 5.91 Å². The third-order valence-electron chi connectivity index (χ3n) is 6.30. The standard InChI is InChI=1S/C31H25BrN4O5/c1-18(19-7-6-8-21(15-19)33-31(38)27-13-14-29(32)41-27)35-36-30(37)23-17-25(34-24-10-5-4-9-22(23)24)20-11-12-26(39-2)28(16-20)40-3/h4-17H,1-3H3,(H,33,38)(H,36,37)/b35-18+. The molecule has 0 aliphatic rings. The van der Waals surface area contributed by atoms with Gasteiger partial charge in [-0.25, -0.2) is 10.4 Å². The first-order valence-corrected chi connectivity index (χ1v) is 13.3. The fraction of sp³-hybridized carbons (Fsp3) is 0.0968. The maximum absolute atomic E-state index is 13.4. The number of para-hydroxylation sites is 1. The number of fused-ring (bicyclic) bond motifs is 1. The Balaban J connectivity index is 1.40. The molecule has 0 aliphatic carbocycles. The van der Waals surface area contributed by atoms with Gasteiger partial charge in [0.25, 0.3) is 11.8 Å². The van der Waals surface area contributed by atoms with Crippen LogP contribution in [-0.2, 0) is 0 Å². The van der Waals surface area contributed by atoms with Gasteiger partial charge >= 0.3 is 0 Å². The molecular formula is C31H25BrN4O5. The van der Waals surface area contributed by atoms with Gasteiger partial charge < -0.3 is 19.2 Å². The summed E-state index contributed by atoms with van der Waals surface area (Å²) in [4.78, 5) is 30.6. The highest BCUT2D eigenvalue weighted by Gasteiger charge is 2.16. The molecule has 10 heteroatoms. The number of amides is 2. The Kier molecular flexibility index (Phi) is 8.11. The average molecular weight is 613 g/mol. The Morgan fingerprint density at radius 1 is 0.878 bits per heavy atom. The van der Waals surface area contributed by atoms with Crippen molar-refractivity contribution in [3.05, 3.63) is 106 Å². The number of rotatable bonds is 8. The zero-order valence-corrected chi connectivity index (χ0v) is 24.0. The highest BCUT2D eigenvalue weighted by molar-refractivity contribution is 9.10. The molecule has 2 aromatic heterocycles. The van der Waals surface area contributed by atoms with Crippen LogP contribution < -0.4 is 20.2 Å². The molecule has 5 rings (SSSR count). The third-order valence-corrected chi connectivity index (χ3v) is 6.73. The molecule has 0 saturated heterocycles. The lowest BCUT2D eigenvalue weighted by Gasteiger charge is -2.12. The van der Waals surface area contributed by atoms with E-state index in [1.807, 2.05) is 42.5 Å². The number of methoxy groups -OCH3 is 2. The van der Waals surface area contributed by atoms with Crippen LogP contribution in [0.3, 0.4) is 0 Å². The van der Waals surface area contributed by atoms with Gasteiger partial charge in [-0.05, 0) is 83.0 Å². The minimum Gasteiger partial charge on any atom is -0.493 e. The second kappa shape index (κ2) is 12.1. The number of nitrogens with zero attached hydrogens (tertiary/aromatic N) is 2. The van der Waals surface area contributed by atoms with Gasteiger partial charge in [0.05, 0.1) is 36.7 Å². The van der Waals surface area contributed by atoms with E-state index >= 15 is 0 Å². The zero-order chi connectivity index (χ0) is 28.9. The second-order valence-electron chi connectivity index (χ2n) is 8.92. The van der Waals surface area contributed by atoms with Gasteiger partial charge in [0, 0.05) is 16.6 Å². The molecule has 206 valence electrons. The van der Waals surface area contributed by atoms with E-state index in [9.17, 15) is 9.59 Å². The van der Waals surface area contributed by atoms with Crippen molar-refractivity contribution < 1.29 is 23.5 Å². The van der Waals surface area contributed by atoms with Crippen LogP contribution in [0.2, 0.25) is 0 Å². The van der Waals surface area contributed by atoms with E-state index in [1.54, 1.807) is 63.6 Å². The molecule has 0 radical (unpaired) electrons. The van der Waals surface area contributed by atoms with Gasteiger partial charge in [0.15, 0.2) is 21.9 Å². The largest absolute Gasteiger partial charge is 0.493 e. The fourth-order valence-corrected chi connectivity index (χ4v) is 4.52. The van der Waals surface area contributed by atoms with E-state index in [4.69, 9.17) is 18.9 Å². The highest BCUT2D eigenvalue weighted by atomic mass is 79.9. The molecule has 0 aliphatic heterocycles. The Bertz CT molecular complexity index is 1800. The Labute approximate surface area is 244 Å². The summed E-state index contributed by atoms with van der Waals surface area (Å²) < 4.78 is 16.6. The van der Waals surface area contributed by atoms with Gasteiger partial charge in [-0.3, -0.25) is 9.59 Å². The molecule has 2 heterocycles. The van der Waals surface area contributed by atoms with Crippen molar-refractivity contribution in [3.63, 3.8) is 0 Å². The summed E-state index contributed by atoms with van der Waals surface area (Å²) in [5.74, 6) is 0.555. The molecule has 2 amide bonds. The minimum absolute atomic E-state index is 0.178. The number of anilines is 1. The summed E-state index contributed by atoms with van der Waals surface area (Å²) in [6.45, 7) is 1.77. The van der Waals surface area contributed by atoms with E-state index in [0.717, 1.165) is 5.56 Å². The van der Waals surface area contributed by atoms with Crippen LogP contribution in [0, 0.1) is 0 Å². The molecule has 0 unspecified atom stereocenters. The lowest BCUT2D eigenvalue weighted by Crippen LogP contribution is -2.20. The van der Waals surface area contributed by atoms with E-state index in [-0.39, 0.29) is 11.7 Å². The lowest BCUT2D eigenvalue weighted by atomic mass is 10.0. The van der Waals surface area contributed by atoms with Crippen molar-refractivity contribution in [1.29, 1.82) is 0 Å². The second-order valence-corrected chi connectivity index (χ2v) is 9.70. The van der Waals surface area contributed by atoms with Gasteiger partial charge in [0.2, 0.25) is 0 Å². The van der Waals surface area contributed by atoms with Crippen LogP contribution in [0.5, 0.6) is 11.5 Å². The summed E-state index contributed by atoms with van der Waals surface area (Å²) in [5.41, 5.74) is 6.94. The number of hydrogen-bond donors (Lipinski definition) is 2. The molecule has 0 atom stereocenters. The molecule has 0 bridgehead atoms. The van der Waals surface area contributed by atoms with Gasteiger partial charge in [-0.2, -0.15) is 5.10 Å². The van der Waals surface area contributed by atoms with Crippen molar-refractivity contribution in [2.75, 3.05) is 19.5 Å². The molecule has 9 nitrogen and oxygen atoms in total. The number of benzene rings is 3. The number of pyridine rings is 1. The van der Waals surface area contributed by atoms with Crippen LogP contribution in [0.15, 0.2) is 99.1 Å². The van der Waals surface area contributed by atoms with Crippen molar-refractivity contribution in [1.82, 2.24) is 10.4 Å². The maximum atomic E-state index is 13.4. The quantitative estimate of drug-likeness (QED) is 0.149. The van der Waals surface area contributed by atoms with Gasteiger partial charge in [-0.1, -0.05) is 30.3 Å². The van der Waals surface area contributed by atoms with Crippen LogP contribution in [0.4, 0.5) is 5.69 Å². The van der Waals surface area contributed by atoms with Crippen LogP contribution in [0.25, 0.3) is 22.2 Å². The number of carbonyl (C=O) groups is 2. The van der Waals surface area contributed by atoms with Crippen molar-refractivity contribution >= 4 is 50.0 Å². The Morgan fingerprint density at radius 3 is 2.44 bits per heavy atom. The van der Waals surface area contributed by atoms with Gasteiger partial charge in [-0.15, -0.1) is 0 Å². The fourth-order valence-electron chi connectivity index (χ4n) is 4.22. The lowest BCUT2D eigenvalue weighted by molar-refractivity contribution is 0.0955. The third kappa shape index (κ3) is 6.12. The highest BCUT2D eigenvalue weighted by Crippen LogP contribution is 2.33. The Hall–Kier alpha value is -4.96. The number of halogens is 1. The first-order valence-electron chi connectivity index (χ1n) is 12.5. The van der Waals surface area contributed by atoms with Gasteiger partial charge in [0.1, 0.15) is 0 Å². The van der Waals surface area contributed by atoms with E-state index in [1.165, 1.54) is 0 Å². The van der Waals surface area contributed by atoms with Crippen molar-refractivity contribution in [2.45, 2.75) is 6.92 Å². The summed E-state index contributed by atoms with van der Waals surface area (Å²) in [7, 11) is 3.14. The average Bonchev–Trinajstić information content (AvgIpc) is 3.45. The maximum Gasteiger partial charge on any atom is 0.291 e. The molecule has 2 N–H and O–H groups in total. The first kappa shape index (κ1) is 27.6. The predicted molar refractivity (Wildman–Crippen MR) is 161 cm³/mol. The molecular weight excluding hydrogens is 588 g/mol. The molecule has 3 aromatic carbocycles. The van der Waals surface area contributed by atoms with Crippen LogP contribution >= 0.6 is 15.9 Å². The van der Waals surface area contributed by atoms with Crippen LogP contribution in [-0.4, -0.2) is 36.7 Å². The van der Waals surface area contributed by atoms with Crippen molar-refractivity contribution in [3.8, 4) is 22.8 Å². The topological polar surface area (TPSA) is 115 Å². The SMILES string of the molecule is COc1ccc(-c2cc(C(=O)N/N=C(\C)c3cccc(NC(=O)c4ccc(Br)o4)c3)c3ccccc3n2)cc1OC. The number of hydrogen-bond acceptors (Lipinski definition) is 7. The van der Waals surface area contributed by atoms with E-state index in [2.05, 4.69) is 31.8 Å². The molecule has 5 aromatic rings. The number of ether oxygens (including phenoxy) is 2. The number of furan rings is 1. The molecule has 0 fully saturated rings. The zero-order valence-electron chi connectivity index (χ0n) is 22.4. The number of hydrazone groups is 1. The molecule has 0 saturated carbocycles.